The van der Waals surface area contributed by atoms with E-state index in [-0.39, 0.29) is 5.69 Å². The first-order valence-corrected chi connectivity index (χ1v) is 8.79. The third-order valence-corrected chi connectivity index (χ3v) is 4.99. The molecule has 6 atom stereocenters. The van der Waals surface area contributed by atoms with Crippen LogP contribution < -0.4 is 0 Å². The lowest BCUT2D eigenvalue weighted by Gasteiger charge is -2.21. The number of halogens is 2. The van der Waals surface area contributed by atoms with Crippen LogP contribution >= 0.6 is 0 Å². The zero-order valence-corrected chi connectivity index (χ0v) is 14.9. The molecule has 0 bridgehead atoms. The van der Waals surface area contributed by atoms with Crippen LogP contribution in [0.3, 0.4) is 0 Å². The van der Waals surface area contributed by atoms with Gasteiger partial charge in [0.2, 0.25) is 0 Å². The first-order valence-electron chi connectivity index (χ1n) is 8.79. The zero-order chi connectivity index (χ0) is 20.0. The van der Waals surface area contributed by atoms with Crippen LogP contribution in [0.15, 0.2) is 42.9 Å². The molecule has 1 saturated heterocycles. The highest BCUT2D eigenvalue weighted by atomic mass is 19.1. The largest absolute Gasteiger partial charge is 0.387 e. The fraction of sp³-hybridized carbons (Fsp3) is 0.368. The first kappa shape index (κ1) is 18.9. The smallest absolute Gasteiger partial charge is 0.164 e. The van der Waals surface area contributed by atoms with Gasteiger partial charge in [0.05, 0.1) is 5.69 Å². The molecule has 3 aromatic rings. The molecule has 3 heterocycles. The Balaban J connectivity index is 1.66. The summed E-state index contributed by atoms with van der Waals surface area (Å²) >= 11 is 0. The molecule has 0 saturated carbocycles. The topological polar surface area (TPSA) is 101 Å². The Morgan fingerprint density at radius 1 is 1.11 bits per heavy atom. The van der Waals surface area contributed by atoms with Crippen LogP contribution in [0, 0.1) is 5.82 Å². The third kappa shape index (κ3) is 3.06. The van der Waals surface area contributed by atoms with Crippen LogP contribution in [0.2, 0.25) is 0 Å². The van der Waals surface area contributed by atoms with Gasteiger partial charge in [-0.2, -0.15) is 0 Å². The highest BCUT2D eigenvalue weighted by molar-refractivity contribution is 5.79. The first-order chi connectivity index (χ1) is 13.4. The van der Waals surface area contributed by atoms with Crippen molar-refractivity contribution in [3.05, 3.63) is 59.9 Å². The lowest BCUT2D eigenvalue weighted by Crippen LogP contribution is -2.34. The summed E-state index contributed by atoms with van der Waals surface area (Å²) in [5.41, 5.74) is 0.883. The van der Waals surface area contributed by atoms with Crippen molar-refractivity contribution in [2.24, 2.45) is 0 Å². The number of benzene rings is 1. The molecule has 148 valence electrons. The maximum Gasteiger partial charge on any atom is 0.164 e. The number of aliphatic hydroxyl groups is 3. The molecule has 0 amide bonds. The average molecular weight is 391 g/mol. The Morgan fingerprint density at radius 3 is 2.50 bits per heavy atom. The minimum Gasteiger partial charge on any atom is -0.387 e. The van der Waals surface area contributed by atoms with Gasteiger partial charge >= 0.3 is 0 Å². The van der Waals surface area contributed by atoms with Gasteiger partial charge in [-0.1, -0.05) is 12.1 Å². The molecule has 1 fully saturated rings. The fourth-order valence-electron chi connectivity index (χ4n) is 3.54. The number of aromatic nitrogens is 3. The van der Waals surface area contributed by atoms with E-state index in [1.54, 1.807) is 12.3 Å². The van der Waals surface area contributed by atoms with Gasteiger partial charge in [-0.15, -0.1) is 0 Å². The van der Waals surface area contributed by atoms with Gasteiger partial charge in [0.1, 0.15) is 48.4 Å². The highest BCUT2D eigenvalue weighted by Gasteiger charge is 2.47. The maximum absolute atomic E-state index is 13.8. The second-order valence-electron chi connectivity index (χ2n) is 6.80. The Labute approximate surface area is 158 Å². The molecule has 0 aliphatic carbocycles. The Hall–Kier alpha value is -2.46. The summed E-state index contributed by atoms with van der Waals surface area (Å²) in [6, 6.07) is 6.73. The van der Waals surface area contributed by atoms with Crippen molar-refractivity contribution in [1.29, 1.82) is 0 Å². The van der Waals surface area contributed by atoms with E-state index in [9.17, 15) is 24.1 Å². The van der Waals surface area contributed by atoms with E-state index < -0.39 is 42.6 Å². The highest BCUT2D eigenvalue weighted by Crippen LogP contribution is 2.38. The van der Waals surface area contributed by atoms with Crippen molar-refractivity contribution in [3.63, 3.8) is 0 Å². The number of hydrogen-bond donors (Lipinski definition) is 3. The van der Waals surface area contributed by atoms with Crippen LogP contribution in [0.1, 0.15) is 36.7 Å². The van der Waals surface area contributed by atoms with Crippen LogP contribution in [-0.4, -0.2) is 48.2 Å². The van der Waals surface area contributed by atoms with Gasteiger partial charge in [0.15, 0.2) is 6.23 Å². The minimum atomic E-state index is -1.40. The predicted molar refractivity (Wildman–Crippen MR) is 94.3 cm³/mol. The molecule has 9 heteroatoms. The van der Waals surface area contributed by atoms with Gasteiger partial charge in [0.25, 0.3) is 0 Å². The summed E-state index contributed by atoms with van der Waals surface area (Å²) in [4.78, 5) is 8.08. The number of fused-ring (bicyclic) bond motifs is 1. The van der Waals surface area contributed by atoms with E-state index in [1.165, 1.54) is 42.1 Å². The van der Waals surface area contributed by atoms with Crippen molar-refractivity contribution in [2.45, 2.75) is 43.7 Å². The van der Waals surface area contributed by atoms with Crippen LogP contribution in [0.5, 0.6) is 0 Å². The Kier molecular flexibility index (Phi) is 4.84. The number of nitrogens with zero attached hydrogens (tertiary/aromatic N) is 3. The molecule has 3 N–H and O–H groups in total. The van der Waals surface area contributed by atoms with Crippen molar-refractivity contribution < 1.29 is 28.8 Å². The van der Waals surface area contributed by atoms with E-state index in [0.29, 0.717) is 16.6 Å². The van der Waals surface area contributed by atoms with E-state index in [1.807, 2.05) is 0 Å². The van der Waals surface area contributed by atoms with E-state index in [0.717, 1.165) is 0 Å². The van der Waals surface area contributed by atoms with E-state index in [2.05, 4.69) is 9.97 Å². The second-order valence-corrected chi connectivity index (χ2v) is 6.80. The van der Waals surface area contributed by atoms with Gasteiger partial charge < -0.3 is 24.6 Å². The standard InChI is InChI=1S/C19H19F2N3O4/c1-9(20)13-12-6-7-24(18(12)23-8-22-13)19-16(27)15(26)17(28-19)14(25)10-2-4-11(21)5-3-10/h2-9,14-17,19,25-27H,1H3. The molecule has 6 unspecified atom stereocenters. The molecule has 28 heavy (non-hydrogen) atoms. The molecule has 1 aliphatic rings. The Morgan fingerprint density at radius 2 is 1.82 bits per heavy atom. The maximum atomic E-state index is 13.8. The molecule has 0 spiro atoms. The number of hydrogen-bond acceptors (Lipinski definition) is 6. The number of ether oxygens (including phenoxy) is 1. The number of aliphatic hydroxyl groups excluding tert-OH is 3. The van der Waals surface area contributed by atoms with Crippen LogP contribution in [0.25, 0.3) is 11.0 Å². The summed E-state index contributed by atoms with van der Waals surface area (Å²) in [7, 11) is 0. The molecule has 0 radical (unpaired) electrons. The molecular formula is C19H19F2N3O4. The minimum absolute atomic E-state index is 0.208. The number of alkyl halides is 1. The lowest BCUT2D eigenvalue weighted by atomic mass is 9.99. The molecule has 1 aromatic carbocycles. The van der Waals surface area contributed by atoms with E-state index >= 15 is 0 Å². The molecule has 2 aromatic heterocycles. The summed E-state index contributed by atoms with van der Waals surface area (Å²) < 4.78 is 34.1. The van der Waals surface area contributed by atoms with Crippen molar-refractivity contribution in [1.82, 2.24) is 14.5 Å². The lowest BCUT2D eigenvalue weighted by molar-refractivity contribution is -0.0848. The monoisotopic (exact) mass is 391 g/mol. The van der Waals surface area contributed by atoms with Crippen molar-refractivity contribution in [3.8, 4) is 0 Å². The molecular weight excluding hydrogens is 372 g/mol. The summed E-state index contributed by atoms with van der Waals surface area (Å²) in [5.74, 6) is -0.460. The van der Waals surface area contributed by atoms with Crippen molar-refractivity contribution >= 4 is 11.0 Å². The van der Waals surface area contributed by atoms with Gasteiger partial charge in [0, 0.05) is 11.6 Å². The second kappa shape index (κ2) is 7.17. The quantitative estimate of drug-likeness (QED) is 0.629. The van der Waals surface area contributed by atoms with Crippen LogP contribution in [-0.2, 0) is 4.74 Å². The van der Waals surface area contributed by atoms with Gasteiger partial charge in [-0.25, -0.2) is 18.7 Å². The summed E-state index contributed by atoms with van der Waals surface area (Å²) in [6.07, 6.45) is -4.79. The molecule has 7 nitrogen and oxygen atoms in total. The van der Waals surface area contributed by atoms with Crippen LogP contribution in [0.4, 0.5) is 8.78 Å². The zero-order valence-electron chi connectivity index (χ0n) is 14.9. The summed E-state index contributed by atoms with van der Waals surface area (Å²) in [6.45, 7) is 1.36. The summed E-state index contributed by atoms with van der Waals surface area (Å²) in [5, 5.41) is 31.9. The molecule has 4 rings (SSSR count). The third-order valence-electron chi connectivity index (χ3n) is 4.99. The van der Waals surface area contributed by atoms with Gasteiger partial charge in [-0.05, 0) is 30.7 Å². The van der Waals surface area contributed by atoms with Crippen molar-refractivity contribution in [2.75, 3.05) is 0 Å². The normalized spacial score (nSPS) is 27.2. The van der Waals surface area contributed by atoms with E-state index in [4.69, 9.17) is 4.74 Å². The fourth-order valence-corrected chi connectivity index (χ4v) is 3.54. The average Bonchev–Trinajstić information content (AvgIpc) is 3.23. The number of rotatable bonds is 4. The van der Waals surface area contributed by atoms with Gasteiger partial charge in [-0.3, -0.25) is 0 Å². The molecule has 1 aliphatic heterocycles. The predicted octanol–water partition coefficient (Wildman–Crippen LogP) is 1.95. The Bertz CT molecular complexity index is 979. The SMILES string of the molecule is CC(F)c1ncnc2c1ccn2C1OC(C(O)c2ccc(F)cc2)C(O)C1O.